The van der Waals surface area contributed by atoms with Gasteiger partial charge in [0.2, 0.25) is 11.9 Å². The molecule has 0 saturated heterocycles. The van der Waals surface area contributed by atoms with Crippen LogP contribution in [-0.2, 0) is 14.8 Å². The Morgan fingerprint density at radius 3 is 2.61 bits per heavy atom. The number of sulfonamides is 1. The van der Waals surface area contributed by atoms with Gasteiger partial charge >= 0.3 is 0 Å². The Labute approximate surface area is 189 Å². The van der Waals surface area contributed by atoms with Gasteiger partial charge in [0.05, 0.1) is 0 Å². The first-order chi connectivity index (χ1) is 15.9. The first kappa shape index (κ1) is 21.0. The number of aromatic nitrogens is 3. The summed E-state index contributed by atoms with van der Waals surface area (Å²) >= 11 is 0. The van der Waals surface area contributed by atoms with Gasteiger partial charge in [-0.25, -0.2) is 27.5 Å². The van der Waals surface area contributed by atoms with Crippen molar-refractivity contribution in [1.29, 1.82) is 0 Å². The molecule has 4 aromatic rings. The summed E-state index contributed by atoms with van der Waals surface area (Å²) in [7, 11) is -4.19. The number of carbonyl (C=O) groups is 1. The molecule has 166 valence electrons. The summed E-state index contributed by atoms with van der Waals surface area (Å²) in [4.78, 5) is 23.8. The van der Waals surface area contributed by atoms with Gasteiger partial charge in [-0.1, -0.05) is 12.1 Å². The first-order valence-corrected chi connectivity index (χ1v) is 11.6. The number of benzene rings is 2. The normalized spacial score (nSPS) is 17.5. The molecule has 0 spiro atoms. The molecule has 0 unspecified atom stereocenters. The molecule has 0 radical (unpaired) electrons. The maximum Gasteiger partial charge on any atom is 0.267 e. The van der Waals surface area contributed by atoms with Crippen molar-refractivity contribution in [2.75, 3.05) is 10.0 Å². The lowest BCUT2D eigenvalue weighted by atomic mass is 10.1. The lowest BCUT2D eigenvalue weighted by molar-refractivity contribution is -0.117. The fourth-order valence-corrected chi connectivity index (χ4v) is 4.76. The van der Waals surface area contributed by atoms with Crippen LogP contribution in [0.4, 0.5) is 16.0 Å². The van der Waals surface area contributed by atoms with E-state index in [0.29, 0.717) is 17.7 Å². The largest absolute Gasteiger partial charge is 0.326 e. The summed E-state index contributed by atoms with van der Waals surface area (Å²) in [6.07, 6.45) is 6.74. The predicted molar refractivity (Wildman–Crippen MR) is 120 cm³/mol. The van der Waals surface area contributed by atoms with E-state index in [-0.39, 0.29) is 23.7 Å². The number of anilines is 2. The van der Waals surface area contributed by atoms with Crippen LogP contribution in [0.25, 0.3) is 10.8 Å². The number of hydrogen-bond acceptors (Lipinski definition) is 6. The number of halogens is 1. The molecule has 2 atom stereocenters. The molecule has 5 rings (SSSR count). The zero-order valence-electron chi connectivity index (χ0n) is 17.1. The Hall–Kier alpha value is -3.92. The topological polar surface area (TPSA) is 114 Å². The number of hydrogen-bond donors (Lipinski definition) is 2. The standard InChI is InChI=1S/C23H18FN5O3S/c24-20-11-15(3-5-21(20)33(31,32)29-23-26-7-1-8-27-23)18-12-19(18)22(30)28-17-4-2-16-13-25-9-6-14(16)10-17/h1-11,13,18-19H,12H2,(H,28,30)(H,26,27,29)/t18-,19+/m0/s1. The average molecular weight is 463 g/mol. The SMILES string of the molecule is O=C(Nc1ccc2cnccc2c1)[C@@H]1C[C@H]1c1ccc(S(=O)(=O)Nc2ncccn2)c(F)c1. The molecule has 1 saturated carbocycles. The highest BCUT2D eigenvalue weighted by Gasteiger charge is 2.44. The van der Waals surface area contributed by atoms with Crippen molar-refractivity contribution in [2.24, 2.45) is 5.92 Å². The van der Waals surface area contributed by atoms with Crippen molar-refractivity contribution in [3.8, 4) is 0 Å². The summed E-state index contributed by atoms with van der Waals surface area (Å²) in [6.45, 7) is 0. The van der Waals surface area contributed by atoms with Crippen LogP contribution < -0.4 is 10.0 Å². The Bertz CT molecular complexity index is 1460. The van der Waals surface area contributed by atoms with Crippen LogP contribution in [0, 0.1) is 11.7 Å². The Balaban J connectivity index is 1.28. The average Bonchev–Trinajstić information content (AvgIpc) is 3.60. The molecule has 33 heavy (non-hydrogen) atoms. The van der Waals surface area contributed by atoms with Crippen molar-refractivity contribution in [2.45, 2.75) is 17.2 Å². The minimum absolute atomic E-state index is 0.148. The van der Waals surface area contributed by atoms with Crippen LogP contribution in [0.15, 0.2) is 78.2 Å². The molecule has 2 aromatic carbocycles. The molecule has 1 aliphatic rings. The molecule has 1 amide bonds. The van der Waals surface area contributed by atoms with E-state index >= 15 is 0 Å². The maximum atomic E-state index is 14.7. The fraction of sp³-hybridized carbons (Fsp3) is 0.130. The molecular weight excluding hydrogens is 445 g/mol. The molecule has 1 aliphatic carbocycles. The highest BCUT2D eigenvalue weighted by molar-refractivity contribution is 7.92. The lowest BCUT2D eigenvalue weighted by Crippen LogP contribution is -2.16. The molecular formula is C23H18FN5O3S. The molecule has 0 aliphatic heterocycles. The van der Waals surface area contributed by atoms with Crippen LogP contribution in [0.5, 0.6) is 0 Å². The van der Waals surface area contributed by atoms with E-state index in [2.05, 4.69) is 25.0 Å². The third kappa shape index (κ3) is 4.37. The van der Waals surface area contributed by atoms with Gasteiger partial charge in [0, 0.05) is 41.8 Å². The summed E-state index contributed by atoms with van der Waals surface area (Å²) < 4.78 is 41.8. The highest BCUT2D eigenvalue weighted by Crippen LogP contribution is 2.48. The zero-order valence-corrected chi connectivity index (χ0v) is 18.0. The van der Waals surface area contributed by atoms with Gasteiger partial charge in [-0.3, -0.25) is 9.78 Å². The maximum absolute atomic E-state index is 14.7. The molecule has 2 N–H and O–H groups in total. The van der Waals surface area contributed by atoms with E-state index in [1.165, 1.54) is 36.7 Å². The van der Waals surface area contributed by atoms with E-state index in [1.54, 1.807) is 12.4 Å². The number of rotatable bonds is 6. The summed E-state index contributed by atoms with van der Waals surface area (Å²) in [6, 6.07) is 12.9. The van der Waals surface area contributed by atoms with Crippen LogP contribution in [-0.4, -0.2) is 29.3 Å². The quantitative estimate of drug-likeness (QED) is 0.451. The van der Waals surface area contributed by atoms with Gasteiger partial charge < -0.3 is 5.32 Å². The predicted octanol–water partition coefficient (Wildman–Crippen LogP) is 3.71. The minimum Gasteiger partial charge on any atom is -0.326 e. The second kappa shape index (κ2) is 8.21. The number of nitrogens with zero attached hydrogens (tertiary/aromatic N) is 3. The van der Waals surface area contributed by atoms with Crippen LogP contribution in [0.1, 0.15) is 17.9 Å². The minimum atomic E-state index is -4.19. The van der Waals surface area contributed by atoms with Gasteiger partial charge in [-0.15, -0.1) is 0 Å². The van der Waals surface area contributed by atoms with Crippen LogP contribution in [0.3, 0.4) is 0 Å². The van der Waals surface area contributed by atoms with E-state index < -0.39 is 20.7 Å². The molecule has 2 aromatic heterocycles. The second-order valence-corrected chi connectivity index (χ2v) is 9.39. The fourth-order valence-electron chi connectivity index (χ4n) is 3.74. The van der Waals surface area contributed by atoms with Gasteiger partial charge in [-0.2, -0.15) is 0 Å². The van der Waals surface area contributed by atoms with Crippen molar-refractivity contribution < 1.29 is 17.6 Å². The Morgan fingerprint density at radius 2 is 1.82 bits per heavy atom. The zero-order chi connectivity index (χ0) is 23.0. The van der Waals surface area contributed by atoms with E-state index in [4.69, 9.17) is 0 Å². The van der Waals surface area contributed by atoms with E-state index in [0.717, 1.165) is 10.8 Å². The molecule has 2 heterocycles. The molecule has 8 nitrogen and oxygen atoms in total. The van der Waals surface area contributed by atoms with Gasteiger partial charge in [-0.05, 0) is 59.7 Å². The van der Waals surface area contributed by atoms with Crippen molar-refractivity contribution in [1.82, 2.24) is 15.0 Å². The number of nitrogens with one attached hydrogen (secondary N) is 2. The number of pyridine rings is 1. The summed E-state index contributed by atoms with van der Waals surface area (Å²) in [5.41, 5.74) is 1.25. The van der Waals surface area contributed by atoms with E-state index in [1.807, 2.05) is 24.3 Å². The molecule has 10 heteroatoms. The summed E-state index contributed by atoms with van der Waals surface area (Å²) in [5.74, 6) is -1.69. The van der Waals surface area contributed by atoms with E-state index in [9.17, 15) is 17.6 Å². The highest BCUT2D eigenvalue weighted by atomic mass is 32.2. The Kier molecular flexibility index (Phi) is 5.21. The number of fused-ring (bicyclic) bond motifs is 1. The van der Waals surface area contributed by atoms with Crippen LogP contribution >= 0.6 is 0 Å². The van der Waals surface area contributed by atoms with Crippen molar-refractivity contribution in [3.05, 3.63) is 84.7 Å². The summed E-state index contributed by atoms with van der Waals surface area (Å²) in [5, 5.41) is 4.83. The number of amides is 1. The Morgan fingerprint density at radius 1 is 1.00 bits per heavy atom. The third-order valence-electron chi connectivity index (χ3n) is 5.50. The molecule has 0 bridgehead atoms. The van der Waals surface area contributed by atoms with Gasteiger partial charge in [0.25, 0.3) is 10.0 Å². The van der Waals surface area contributed by atoms with Crippen molar-refractivity contribution >= 4 is 38.3 Å². The second-order valence-electron chi connectivity index (χ2n) is 7.74. The van der Waals surface area contributed by atoms with Gasteiger partial charge in [0.15, 0.2) is 0 Å². The smallest absolute Gasteiger partial charge is 0.267 e. The third-order valence-corrected chi connectivity index (χ3v) is 6.86. The van der Waals surface area contributed by atoms with Crippen molar-refractivity contribution in [3.63, 3.8) is 0 Å². The van der Waals surface area contributed by atoms with Gasteiger partial charge in [0.1, 0.15) is 10.7 Å². The monoisotopic (exact) mass is 463 g/mol. The molecule has 1 fully saturated rings. The van der Waals surface area contributed by atoms with Crippen LogP contribution in [0.2, 0.25) is 0 Å². The number of carbonyl (C=O) groups excluding carboxylic acids is 1. The lowest BCUT2D eigenvalue weighted by Gasteiger charge is -2.09. The first-order valence-electron chi connectivity index (χ1n) is 10.1.